The number of hydrogen-bond acceptors (Lipinski definition) is 12. The first-order valence-corrected chi connectivity index (χ1v) is 10.9. The van der Waals surface area contributed by atoms with E-state index in [1.165, 1.54) is 30.3 Å². The van der Waals surface area contributed by atoms with E-state index in [4.69, 9.17) is 23.7 Å². The Hall–Kier alpha value is -4.17. The molecule has 5 atom stereocenters. The van der Waals surface area contributed by atoms with Crippen molar-refractivity contribution in [3.63, 3.8) is 0 Å². The van der Waals surface area contributed by atoms with Crippen molar-refractivity contribution < 1.29 is 58.9 Å². The monoisotopic (exact) mass is 518 g/mol. The third-order valence-corrected chi connectivity index (χ3v) is 5.63. The Kier molecular flexibility index (Phi) is 7.31. The standard InChI is InChI=1S/C24H22O13/c25-11-3-1-10(2-4-11)13-8-34-15-6-12(5-14(26)19(15)20(13)30)36-24-23(33)22(32)21(31)16(37-24)9-35-18(29)7-17(27)28/h1-6,8,16,21-26,31-33H,7,9H2,(H,27,28). The van der Waals surface area contributed by atoms with E-state index in [0.717, 1.165) is 12.3 Å². The summed E-state index contributed by atoms with van der Waals surface area (Å²) in [7, 11) is 0. The molecule has 0 aliphatic carbocycles. The van der Waals surface area contributed by atoms with Gasteiger partial charge in [0.25, 0.3) is 0 Å². The first-order valence-electron chi connectivity index (χ1n) is 10.9. The maximum atomic E-state index is 13.0. The highest BCUT2D eigenvalue weighted by Gasteiger charge is 2.45. The van der Waals surface area contributed by atoms with Gasteiger partial charge in [-0.2, -0.15) is 0 Å². The molecule has 0 saturated carbocycles. The number of phenolic OH excluding ortho intramolecular Hbond substituents is 2. The van der Waals surface area contributed by atoms with Gasteiger partial charge < -0.3 is 49.3 Å². The van der Waals surface area contributed by atoms with Crippen molar-refractivity contribution in [2.24, 2.45) is 0 Å². The third-order valence-electron chi connectivity index (χ3n) is 5.63. The van der Waals surface area contributed by atoms with Gasteiger partial charge in [0.1, 0.15) is 71.9 Å². The van der Waals surface area contributed by atoms with Gasteiger partial charge >= 0.3 is 11.9 Å². The summed E-state index contributed by atoms with van der Waals surface area (Å²) in [6, 6.07) is 8.05. The second-order valence-electron chi connectivity index (χ2n) is 8.23. The van der Waals surface area contributed by atoms with Crippen molar-refractivity contribution >= 4 is 22.9 Å². The number of esters is 1. The van der Waals surface area contributed by atoms with Crippen LogP contribution < -0.4 is 10.2 Å². The zero-order chi connectivity index (χ0) is 26.9. The summed E-state index contributed by atoms with van der Waals surface area (Å²) in [5.41, 5.74) is -0.0752. The summed E-state index contributed by atoms with van der Waals surface area (Å²) in [5, 5.41) is 59.0. The number of aliphatic hydroxyl groups is 3. The molecule has 1 aromatic heterocycles. The van der Waals surface area contributed by atoms with E-state index < -0.39 is 66.9 Å². The molecule has 0 bridgehead atoms. The van der Waals surface area contributed by atoms with E-state index >= 15 is 0 Å². The molecule has 1 saturated heterocycles. The van der Waals surface area contributed by atoms with Crippen LogP contribution in [0.15, 0.2) is 51.9 Å². The quantitative estimate of drug-likeness (QED) is 0.181. The summed E-state index contributed by atoms with van der Waals surface area (Å²) in [6.07, 6.45) is -8.04. The average Bonchev–Trinajstić information content (AvgIpc) is 2.84. The summed E-state index contributed by atoms with van der Waals surface area (Å²) in [5.74, 6) is -3.19. The number of carboxylic acids is 1. The van der Waals surface area contributed by atoms with Crippen LogP contribution in [0.4, 0.5) is 0 Å². The Bertz CT molecular complexity index is 1360. The predicted molar refractivity (Wildman–Crippen MR) is 122 cm³/mol. The van der Waals surface area contributed by atoms with Crippen LogP contribution in [0.1, 0.15) is 6.42 Å². The minimum absolute atomic E-state index is 0.00369. The molecular formula is C24H22O13. The highest BCUT2D eigenvalue weighted by molar-refractivity contribution is 5.90. The second kappa shape index (κ2) is 10.4. The molecule has 1 fully saturated rings. The molecule has 3 aromatic rings. The van der Waals surface area contributed by atoms with Crippen molar-refractivity contribution in [1.82, 2.24) is 0 Å². The first kappa shape index (κ1) is 25.9. The highest BCUT2D eigenvalue weighted by Crippen LogP contribution is 2.33. The lowest BCUT2D eigenvalue weighted by molar-refractivity contribution is -0.278. The van der Waals surface area contributed by atoms with Crippen molar-refractivity contribution in [3.05, 3.63) is 52.9 Å². The van der Waals surface area contributed by atoms with Crippen LogP contribution in [0.2, 0.25) is 0 Å². The highest BCUT2D eigenvalue weighted by atomic mass is 16.7. The Balaban J connectivity index is 1.56. The van der Waals surface area contributed by atoms with Crippen LogP contribution in [0, 0.1) is 0 Å². The van der Waals surface area contributed by atoms with Gasteiger partial charge in [-0.15, -0.1) is 0 Å². The number of aliphatic hydroxyl groups excluding tert-OH is 3. The number of aliphatic carboxylic acids is 1. The normalized spacial score (nSPS) is 23.5. The third kappa shape index (κ3) is 5.49. The van der Waals surface area contributed by atoms with Crippen molar-refractivity contribution in [2.45, 2.75) is 37.1 Å². The summed E-state index contributed by atoms with van der Waals surface area (Å²) >= 11 is 0. The van der Waals surface area contributed by atoms with E-state index in [0.29, 0.717) is 5.56 Å². The number of ether oxygens (including phenoxy) is 3. The maximum absolute atomic E-state index is 13.0. The number of carbonyl (C=O) groups is 2. The Morgan fingerprint density at radius 2 is 1.68 bits per heavy atom. The average molecular weight is 518 g/mol. The fourth-order valence-corrected chi connectivity index (χ4v) is 3.75. The zero-order valence-corrected chi connectivity index (χ0v) is 18.9. The molecule has 37 heavy (non-hydrogen) atoms. The smallest absolute Gasteiger partial charge is 0.317 e. The van der Waals surface area contributed by atoms with Crippen LogP contribution in [0.5, 0.6) is 17.2 Å². The number of carbonyl (C=O) groups excluding carboxylic acids is 1. The van der Waals surface area contributed by atoms with E-state index in [2.05, 4.69) is 0 Å². The van der Waals surface area contributed by atoms with Crippen LogP contribution >= 0.6 is 0 Å². The molecule has 2 heterocycles. The molecule has 6 N–H and O–H groups in total. The molecule has 0 amide bonds. The van der Waals surface area contributed by atoms with Gasteiger partial charge in [0.2, 0.25) is 11.7 Å². The fourth-order valence-electron chi connectivity index (χ4n) is 3.75. The van der Waals surface area contributed by atoms with Gasteiger partial charge in [-0.25, -0.2) is 0 Å². The molecule has 13 heteroatoms. The number of aromatic hydroxyl groups is 2. The Morgan fingerprint density at radius 1 is 0.973 bits per heavy atom. The zero-order valence-electron chi connectivity index (χ0n) is 18.9. The van der Waals surface area contributed by atoms with Crippen LogP contribution in [-0.4, -0.2) is 79.9 Å². The molecule has 13 nitrogen and oxygen atoms in total. The SMILES string of the molecule is O=C(O)CC(=O)OCC1OC(Oc2cc(O)c3c(=O)c(-c4ccc(O)cc4)coc3c2)C(O)C(O)C1O. The molecular weight excluding hydrogens is 496 g/mol. The van der Waals surface area contributed by atoms with Crippen LogP contribution in [0.3, 0.4) is 0 Å². The topological polar surface area (TPSA) is 213 Å². The van der Waals surface area contributed by atoms with Crippen LogP contribution in [-0.2, 0) is 19.1 Å². The molecule has 5 unspecified atom stereocenters. The van der Waals surface area contributed by atoms with Crippen molar-refractivity contribution in [1.29, 1.82) is 0 Å². The summed E-state index contributed by atoms with van der Waals surface area (Å²) < 4.78 is 21.2. The van der Waals surface area contributed by atoms with Gasteiger partial charge in [-0.3, -0.25) is 14.4 Å². The number of phenols is 2. The molecule has 0 radical (unpaired) electrons. The lowest BCUT2D eigenvalue weighted by Crippen LogP contribution is -2.60. The molecule has 1 aliphatic heterocycles. The molecule has 1 aliphatic rings. The van der Waals surface area contributed by atoms with Gasteiger partial charge in [0, 0.05) is 12.1 Å². The van der Waals surface area contributed by atoms with E-state index in [-0.39, 0.29) is 28.0 Å². The minimum atomic E-state index is -1.79. The molecule has 0 spiro atoms. The largest absolute Gasteiger partial charge is 0.508 e. The fraction of sp³-hybridized carbons (Fsp3) is 0.292. The predicted octanol–water partition coefficient (Wildman–Crippen LogP) is 0.0755. The van der Waals surface area contributed by atoms with Gasteiger partial charge in [-0.05, 0) is 17.7 Å². The van der Waals surface area contributed by atoms with Gasteiger partial charge in [-0.1, -0.05) is 12.1 Å². The second-order valence-corrected chi connectivity index (χ2v) is 8.23. The molecule has 196 valence electrons. The Morgan fingerprint density at radius 3 is 2.35 bits per heavy atom. The number of benzene rings is 2. The van der Waals surface area contributed by atoms with Gasteiger partial charge in [0.05, 0.1) is 5.56 Å². The maximum Gasteiger partial charge on any atom is 0.317 e. The Labute approximate surface area is 207 Å². The number of rotatable bonds is 7. The van der Waals surface area contributed by atoms with E-state index in [1.807, 2.05) is 0 Å². The van der Waals surface area contributed by atoms with Crippen molar-refractivity contribution in [2.75, 3.05) is 6.61 Å². The minimum Gasteiger partial charge on any atom is -0.508 e. The lowest BCUT2D eigenvalue weighted by atomic mass is 9.99. The van der Waals surface area contributed by atoms with Crippen molar-refractivity contribution in [3.8, 4) is 28.4 Å². The summed E-state index contributed by atoms with van der Waals surface area (Å²) in [4.78, 5) is 35.0. The van der Waals surface area contributed by atoms with E-state index in [1.54, 1.807) is 0 Å². The first-order chi connectivity index (χ1) is 17.5. The van der Waals surface area contributed by atoms with Crippen LogP contribution in [0.25, 0.3) is 22.1 Å². The number of fused-ring (bicyclic) bond motifs is 1. The van der Waals surface area contributed by atoms with Gasteiger partial charge in [0.15, 0.2) is 0 Å². The molecule has 4 rings (SSSR count). The molecule has 2 aromatic carbocycles. The lowest BCUT2D eigenvalue weighted by Gasteiger charge is -2.39. The number of hydrogen-bond donors (Lipinski definition) is 6. The number of carboxylic acid groups (broad SMARTS) is 1. The summed E-state index contributed by atoms with van der Waals surface area (Å²) in [6.45, 7) is -0.644. The van der Waals surface area contributed by atoms with E-state index in [9.17, 15) is 39.9 Å².